The lowest BCUT2D eigenvalue weighted by molar-refractivity contribution is 0.0514. The highest BCUT2D eigenvalue weighted by Gasteiger charge is 2.36. The zero-order valence-corrected chi connectivity index (χ0v) is 20.0. The lowest BCUT2D eigenvalue weighted by Crippen LogP contribution is -2.25. The van der Waals surface area contributed by atoms with Gasteiger partial charge in [-0.05, 0) is 45.0 Å². The van der Waals surface area contributed by atoms with Gasteiger partial charge in [-0.1, -0.05) is 0 Å². The number of benzene rings is 1. The molecule has 0 atom stereocenters. The highest BCUT2D eigenvalue weighted by molar-refractivity contribution is 7.42. The molecule has 0 saturated carbocycles. The molecule has 1 N–H and O–H groups in total. The maximum atomic E-state index is 13.0. The van der Waals surface area contributed by atoms with Crippen molar-refractivity contribution >= 4 is 20.5 Å². The van der Waals surface area contributed by atoms with E-state index in [1.54, 1.807) is 45.0 Å². The van der Waals surface area contributed by atoms with E-state index in [-0.39, 0.29) is 37.0 Å². The monoisotopic (exact) mass is 468 g/mol. The van der Waals surface area contributed by atoms with Crippen LogP contribution in [0.25, 0.3) is 5.69 Å². The number of hydrogen-bond donors (Lipinski definition) is 1. The molecule has 2 aromatic rings. The summed E-state index contributed by atoms with van der Waals surface area (Å²) >= 11 is 0. The number of hydrogen-bond acceptors (Lipinski definition) is 8. The molecule has 1 heterocycles. The molecule has 0 saturated heterocycles. The Morgan fingerprint density at radius 2 is 1.59 bits per heavy atom. The predicted molar refractivity (Wildman–Crippen MR) is 119 cm³/mol. The lowest BCUT2D eigenvalue weighted by Gasteiger charge is -2.17. The molecule has 1 amide bonds. The van der Waals surface area contributed by atoms with Gasteiger partial charge in [-0.15, -0.1) is 0 Å². The van der Waals surface area contributed by atoms with Gasteiger partial charge < -0.3 is 33.1 Å². The molecule has 32 heavy (non-hydrogen) atoms. The smallest absolute Gasteiger partial charge is 0.397 e. The van der Waals surface area contributed by atoms with Gasteiger partial charge in [0.25, 0.3) is 5.91 Å². The van der Waals surface area contributed by atoms with Crippen LogP contribution < -0.4 is 9.26 Å². The van der Waals surface area contributed by atoms with E-state index in [0.29, 0.717) is 11.4 Å². The van der Waals surface area contributed by atoms with E-state index in [1.807, 2.05) is 0 Å². The van der Waals surface area contributed by atoms with Crippen LogP contribution in [-0.2, 0) is 13.8 Å². The van der Waals surface area contributed by atoms with Crippen molar-refractivity contribution in [2.24, 2.45) is 0 Å². The molecule has 1 aromatic carbocycles. The normalized spacial score (nSPS) is 10.8. The standard InChI is InChI=1S/C21H29N2O8P/c1-7-28-21(26)17-19(31-32(29-8-2)30-9-3)18(24)16(20(25)22(4)5)23(17)14-10-12-15(27-6)13-11-14/h10-13,24H,7-9H2,1-6H3. The summed E-state index contributed by atoms with van der Waals surface area (Å²) in [5, 5.41) is 11.0. The fourth-order valence-corrected chi connectivity index (χ4v) is 3.71. The van der Waals surface area contributed by atoms with Crippen LogP contribution in [0.1, 0.15) is 41.7 Å². The van der Waals surface area contributed by atoms with Gasteiger partial charge >= 0.3 is 14.6 Å². The Labute approximate surface area is 188 Å². The summed E-state index contributed by atoms with van der Waals surface area (Å²) in [6.45, 7) is 5.81. The second-order valence-electron chi connectivity index (χ2n) is 6.48. The number of rotatable bonds is 11. The van der Waals surface area contributed by atoms with Crippen molar-refractivity contribution in [3.8, 4) is 22.9 Å². The minimum absolute atomic E-state index is 0.0788. The van der Waals surface area contributed by atoms with E-state index < -0.39 is 26.2 Å². The van der Waals surface area contributed by atoms with Gasteiger partial charge in [0, 0.05) is 19.8 Å². The quantitative estimate of drug-likeness (QED) is 0.392. The molecule has 2 rings (SSSR count). The number of aromatic nitrogens is 1. The number of amides is 1. The molecule has 0 bridgehead atoms. The van der Waals surface area contributed by atoms with E-state index >= 15 is 0 Å². The third-order valence-corrected chi connectivity index (χ3v) is 5.41. The predicted octanol–water partition coefficient (Wildman–Crippen LogP) is 3.75. The van der Waals surface area contributed by atoms with Gasteiger partial charge in [0.05, 0.1) is 26.9 Å². The summed E-state index contributed by atoms with van der Waals surface area (Å²) < 4.78 is 28.4. The average molecular weight is 468 g/mol. The lowest BCUT2D eigenvalue weighted by atomic mass is 10.2. The molecule has 0 unspecified atom stereocenters. The molecule has 10 nitrogen and oxygen atoms in total. The zero-order valence-electron chi connectivity index (χ0n) is 19.1. The summed E-state index contributed by atoms with van der Waals surface area (Å²) in [7, 11) is 2.65. The Bertz CT molecular complexity index is 921. The Hall–Kier alpha value is -2.81. The minimum atomic E-state index is -1.94. The van der Waals surface area contributed by atoms with Gasteiger partial charge in [0.15, 0.2) is 17.1 Å². The first-order chi connectivity index (χ1) is 15.3. The van der Waals surface area contributed by atoms with E-state index in [0.717, 1.165) is 0 Å². The number of carbonyl (C=O) groups excluding carboxylic acids is 2. The summed E-state index contributed by atoms with van der Waals surface area (Å²) in [6.07, 6.45) is 0. The summed E-state index contributed by atoms with van der Waals surface area (Å²) in [5.41, 5.74) is 0.0918. The number of carbonyl (C=O) groups is 2. The molecule has 0 fully saturated rings. The van der Waals surface area contributed by atoms with Gasteiger partial charge in [-0.3, -0.25) is 9.36 Å². The first-order valence-corrected chi connectivity index (χ1v) is 11.1. The number of methoxy groups -OCH3 is 1. The Balaban J connectivity index is 2.81. The maximum absolute atomic E-state index is 13.0. The highest BCUT2D eigenvalue weighted by Crippen LogP contribution is 2.49. The van der Waals surface area contributed by atoms with Crippen LogP contribution in [0.3, 0.4) is 0 Å². The topological polar surface area (TPSA) is 109 Å². The van der Waals surface area contributed by atoms with Crippen LogP contribution in [0, 0.1) is 0 Å². The summed E-state index contributed by atoms with van der Waals surface area (Å²) in [6, 6.07) is 6.62. The maximum Gasteiger partial charge on any atom is 0.397 e. The highest BCUT2D eigenvalue weighted by atomic mass is 31.2. The molecule has 0 radical (unpaired) electrons. The number of esters is 1. The van der Waals surface area contributed by atoms with Gasteiger partial charge in [-0.2, -0.15) is 0 Å². The Morgan fingerprint density at radius 1 is 1.00 bits per heavy atom. The van der Waals surface area contributed by atoms with Crippen molar-refractivity contribution in [2.75, 3.05) is 41.0 Å². The van der Waals surface area contributed by atoms with Crippen molar-refractivity contribution in [1.29, 1.82) is 0 Å². The molecule has 0 spiro atoms. The van der Waals surface area contributed by atoms with Crippen molar-refractivity contribution in [3.05, 3.63) is 35.7 Å². The summed E-state index contributed by atoms with van der Waals surface area (Å²) in [4.78, 5) is 27.3. The fraction of sp³-hybridized carbons (Fsp3) is 0.429. The van der Waals surface area contributed by atoms with E-state index in [4.69, 9.17) is 23.0 Å². The second-order valence-corrected chi connectivity index (χ2v) is 7.63. The fourth-order valence-electron chi connectivity index (χ4n) is 2.78. The third-order valence-electron chi connectivity index (χ3n) is 4.14. The van der Waals surface area contributed by atoms with E-state index in [2.05, 4.69) is 0 Å². The number of nitrogens with zero attached hydrogens (tertiary/aromatic N) is 2. The SMILES string of the molecule is CCOC(=O)c1c(OP(OCC)OCC)c(O)c(C(=O)N(C)C)n1-c1ccc(OC)cc1. The van der Waals surface area contributed by atoms with Crippen LogP contribution in [-0.4, -0.2) is 67.5 Å². The van der Waals surface area contributed by atoms with E-state index in [9.17, 15) is 14.7 Å². The Morgan fingerprint density at radius 3 is 2.06 bits per heavy atom. The molecule has 0 aliphatic carbocycles. The molecule has 11 heteroatoms. The number of ether oxygens (including phenoxy) is 2. The third kappa shape index (κ3) is 5.51. The number of aromatic hydroxyl groups is 1. The van der Waals surface area contributed by atoms with Crippen LogP contribution in [0.2, 0.25) is 0 Å². The molecule has 0 aliphatic heterocycles. The first-order valence-electron chi connectivity index (χ1n) is 10.0. The molecule has 176 valence electrons. The van der Waals surface area contributed by atoms with Crippen molar-refractivity contribution in [1.82, 2.24) is 9.47 Å². The van der Waals surface area contributed by atoms with Gasteiger partial charge in [0.1, 0.15) is 5.75 Å². The summed E-state index contributed by atoms with van der Waals surface area (Å²) in [5.74, 6) is -1.52. The van der Waals surface area contributed by atoms with Crippen LogP contribution in [0.5, 0.6) is 17.2 Å². The van der Waals surface area contributed by atoms with E-state index in [1.165, 1.54) is 30.7 Å². The van der Waals surface area contributed by atoms with Crippen LogP contribution >= 0.6 is 8.60 Å². The van der Waals surface area contributed by atoms with Crippen LogP contribution in [0.15, 0.2) is 24.3 Å². The van der Waals surface area contributed by atoms with Crippen LogP contribution in [0.4, 0.5) is 0 Å². The minimum Gasteiger partial charge on any atom is -0.503 e. The van der Waals surface area contributed by atoms with Gasteiger partial charge in [-0.25, -0.2) is 4.79 Å². The zero-order chi connectivity index (χ0) is 23.8. The largest absolute Gasteiger partial charge is 0.503 e. The second kappa shape index (κ2) is 11.7. The van der Waals surface area contributed by atoms with Crippen molar-refractivity contribution in [2.45, 2.75) is 20.8 Å². The average Bonchev–Trinajstić information content (AvgIpc) is 3.05. The molecular formula is C21H29N2O8P. The van der Waals surface area contributed by atoms with Crippen molar-refractivity contribution in [3.63, 3.8) is 0 Å². The van der Waals surface area contributed by atoms with Gasteiger partial charge in [0.2, 0.25) is 5.75 Å². The molecular weight excluding hydrogens is 439 g/mol. The van der Waals surface area contributed by atoms with Crippen molar-refractivity contribution < 1.29 is 37.7 Å². The first kappa shape index (κ1) is 25.5. The molecule has 1 aromatic heterocycles. The Kier molecular flexibility index (Phi) is 9.31. The molecule has 0 aliphatic rings.